The maximum atomic E-state index is 13.3. The van der Waals surface area contributed by atoms with Gasteiger partial charge in [0.1, 0.15) is 18.0 Å². The van der Waals surface area contributed by atoms with E-state index >= 15 is 0 Å². The molecule has 0 heterocycles. The standard InChI is InChI=1S/C21H28O5/c1-19-7-5-13(23)9-12(19)3-4-14-15-6-8-21(26,17(25)11-22)20(15,2)10-16(24)18(14)19/h9,14-15,18,22,26H,3-8,10-11H2,1-2H3/t14-,15-,18+,19-,20+,21-/m1/s1. The number of carbonyl (C=O) groups is 3. The molecule has 0 aromatic heterocycles. The van der Waals surface area contributed by atoms with Crippen molar-refractivity contribution in [2.45, 2.75) is 64.4 Å². The van der Waals surface area contributed by atoms with E-state index in [1.807, 2.05) is 6.92 Å². The Kier molecular flexibility index (Phi) is 3.88. The van der Waals surface area contributed by atoms with Crippen LogP contribution in [0.15, 0.2) is 11.6 Å². The summed E-state index contributed by atoms with van der Waals surface area (Å²) in [7, 11) is 0. The molecule has 0 amide bonds. The van der Waals surface area contributed by atoms with Crippen LogP contribution in [0.5, 0.6) is 0 Å². The minimum atomic E-state index is -1.60. The molecule has 0 saturated heterocycles. The van der Waals surface area contributed by atoms with E-state index in [9.17, 15) is 24.6 Å². The summed E-state index contributed by atoms with van der Waals surface area (Å²) in [5.74, 6) is -0.172. The predicted molar refractivity (Wildman–Crippen MR) is 94.1 cm³/mol. The molecule has 4 aliphatic carbocycles. The molecule has 5 heteroatoms. The van der Waals surface area contributed by atoms with E-state index in [1.165, 1.54) is 0 Å². The number of aliphatic hydroxyl groups is 2. The summed E-state index contributed by atoms with van der Waals surface area (Å²) in [6.07, 6.45) is 5.83. The van der Waals surface area contributed by atoms with Crippen LogP contribution in [0.2, 0.25) is 0 Å². The summed E-state index contributed by atoms with van der Waals surface area (Å²) in [5, 5.41) is 20.5. The molecule has 0 aromatic carbocycles. The fourth-order valence-electron chi connectivity index (χ4n) is 6.98. The molecule has 6 atom stereocenters. The van der Waals surface area contributed by atoms with Crippen molar-refractivity contribution in [3.05, 3.63) is 11.6 Å². The van der Waals surface area contributed by atoms with Crippen molar-refractivity contribution < 1.29 is 24.6 Å². The van der Waals surface area contributed by atoms with Crippen LogP contribution in [0.3, 0.4) is 0 Å². The van der Waals surface area contributed by atoms with Crippen LogP contribution in [-0.4, -0.2) is 39.8 Å². The Morgan fingerprint density at radius 2 is 1.92 bits per heavy atom. The Labute approximate surface area is 153 Å². The molecule has 2 N–H and O–H groups in total. The zero-order chi connectivity index (χ0) is 18.9. The predicted octanol–water partition coefficient (Wildman–Crippen LogP) is 1.99. The van der Waals surface area contributed by atoms with E-state index in [-0.39, 0.29) is 41.2 Å². The Morgan fingerprint density at radius 1 is 1.19 bits per heavy atom. The first-order valence-electron chi connectivity index (χ1n) is 9.80. The van der Waals surface area contributed by atoms with Crippen molar-refractivity contribution >= 4 is 17.3 Å². The molecule has 4 rings (SSSR count). The van der Waals surface area contributed by atoms with Crippen LogP contribution < -0.4 is 0 Å². The third kappa shape index (κ3) is 2.07. The number of carbonyl (C=O) groups excluding carboxylic acids is 3. The van der Waals surface area contributed by atoms with E-state index in [1.54, 1.807) is 6.08 Å². The molecule has 0 bridgehead atoms. The van der Waals surface area contributed by atoms with Crippen LogP contribution in [0.25, 0.3) is 0 Å². The van der Waals surface area contributed by atoms with Crippen LogP contribution in [0, 0.1) is 28.6 Å². The van der Waals surface area contributed by atoms with Gasteiger partial charge in [0.15, 0.2) is 11.6 Å². The van der Waals surface area contributed by atoms with Crippen LogP contribution in [-0.2, 0) is 14.4 Å². The first-order valence-corrected chi connectivity index (χ1v) is 9.80. The minimum absolute atomic E-state index is 0.0988. The first-order chi connectivity index (χ1) is 12.2. The van der Waals surface area contributed by atoms with Gasteiger partial charge >= 0.3 is 0 Å². The fourth-order valence-corrected chi connectivity index (χ4v) is 6.98. The first kappa shape index (κ1) is 18.1. The molecule has 26 heavy (non-hydrogen) atoms. The van der Waals surface area contributed by atoms with Crippen molar-refractivity contribution in [2.75, 3.05) is 6.61 Å². The van der Waals surface area contributed by atoms with E-state index in [0.29, 0.717) is 25.7 Å². The average molecular weight is 360 g/mol. The topological polar surface area (TPSA) is 91.7 Å². The molecule has 5 nitrogen and oxygen atoms in total. The Balaban J connectivity index is 1.75. The van der Waals surface area contributed by atoms with Gasteiger partial charge in [-0.3, -0.25) is 14.4 Å². The SMILES string of the molecule is C[C@]12CC(=O)[C@@H]3[C@H](CCC4=CC(=O)CC[C@]43C)[C@H]1CC[C@@]2(O)C(=O)CO. The highest BCUT2D eigenvalue weighted by Gasteiger charge is 2.68. The summed E-state index contributed by atoms with van der Waals surface area (Å²) in [4.78, 5) is 37.5. The Hall–Kier alpha value is -1.33. The van der Waals surface area contributed by atoms with Gasteiger partial charge in [0.2, 0.25) is 0 Å². The molecular weight excluding hydrogens is 332 g/mol. The summed E-state index contributed by atoms with van der Waals surface area (Å²) >= 11 is 0. The van der Waals surface area contributed by atoms with Gasteiger partial charge in [-0.25, -0.2) is 0 Å². The molecule has 0 aromatic rings. The number of hydrogen-bond donors (Lipinski definition) is 2. The monoisotopic (exact) mass is 360 g/mol. The molecule has 142 valence electrons. The maximum absolute atomic E-state index is 13.3. The van der Waals surface area contributed by atoms with Crippen molar-refractivity contribution in [2.24, 2.45) is 28.6 Å². The summed E-state index contributed by atoms with van der Waals surface area (Å²) < 4.78 is 0. The summed E-state index contributed by atoms with van der Waals surface area (Å²) in [6.45, 7) is 3.31. The summed E-state index contributed by atoms with van der Waals surface area (Å²) in [6, 6.07) is 0. The number of aliphatic hydroxyl groups excluding tert-OH is 1. The van der Waals surface area contributed by atoms with Gasteiger partial charge in [-0.15, -0.1) is 0 Å². The lowest BCUT2D eigenvalue weighted by Crippen LogP contribution is -2.60. The third-order valence-corrected chi connectivity index (χ3v) is 8.41. The molecule has 0 aliphatic heterocycles. The molecule has 0 spiro atoms. The second kappa shape index (κ2) is 5.59. The van der Waals surface area contributed by atoms with Crippen molar-refractivity contribution in [1.82, 2.24) is 0 Å². The van der Waals surface area contributed by atoms with E-state index < -0.39 is 23.4 Å². The zero-order valence-corrected chi connectivity index (χ0v) is 15.6. The maximum Gasteiger partial charge on any atom is 0.190 e. The van der Waals surface area contributed by atoms with Gasteiger partial charge in [0, 0.05) is 24.2 Å². The second-order valence-electron chi connectivity index (χ2n) is 9.38. The summed E-state index contributed by atoms with van der Waals surface area (Å²) in [5.41, 5.74) is -1.55. The second-order valence-corrected chi connectivity index (χ2v) is 9.38. The van der Waals surface area contributed by atoms with Gasteiger partial charge in [-0.2, -0.15) is 0 Å². The van der Waals surface area contributed by atoms with E-state index in [2.05, 4.69) is 6.92 Å². The Morgan fingerprint density at radius 3 is 2.62 bits per heavy atom. The number of Topliss-reactive ketones (excluding diaryl/α,β-unsaturated/α-hetero) is 2. The number of rotatable bonds is 2. The van der Waals surface area contributed by atoms with Crippen molar-refractivity contribution in [3.63, 3.8) is 0 Å². The number of ketones is 3. The van der Waals surface area contributed by atoms with Crippen LogP contribution >= 0.6 is 0 Å². The highest BCUT2D eigenvalue weighted by molar-refractivity contribution is 5.94. The van der Waals surface area contributed by atoms with Gasteiger partial charge in [0.25, 0.3) is 0 Å². The highest BCUT2D eigenvalue weighted by atomic mass is 16.3. The molecule has 0 unspecified atom stereocenters. The molecule has 3 fully saturated rings. The quantitative estimate of drug-likeness (QED) is 0.786. The Bertz CT molecular complexity index is 724. The fraction of sp³-hybridized carbons (Fsp3) is 0.762. The van der Waals surface area contributed by atoms with Crippen LogP contribution in [0.1, 0.15) is 58.8 Å². The normalized spacial score (nSPS) is 47.7. The van der Waals surface area contributed by atoms with Gasteiger partial charge in [-0.05, 0) is 55.4 Å². The smallest absolute Gasteiger partial charge is 0.190 e. The van der Waals surface area contributed by atoms with Crippen molar-refractivity contribution in [3.8, 4) is 0 Å². The van der Waals surface area contributed by atoms with Gasteiger partial charge in [0.05, 0.1) is 0 Å². The van der Waals surface area contributed by atoms with Crippen LogP contribution in [0.4, 0.5) is 0 Å². The minimum Gasteiger partial charge on any atom is -0.388 e. The van der Waals surface area contributed by atoms with E-state index in [0.717, 1.165) is 18.4 Å². The highest BCUT2D eigenvalue weighted by Crippen LogP contribution is 2.66. The van der Waals surface area contributed by atoms with Crippen molar-refractivity contribution in [1.29, 1.82) is 0 Å². The lowest BCUT2D eigenvalue weighted by Gasteiger charge is -2.57. The average Bonchev–Trinajstić information content (AvgIpc) is 2.86. The van der Waals surface area contributed by atoms with Gasteiger partial charge < -0.3 is 10.2 Å². The number of allylic oxidation sites excluding steroid dienone is 1. The molecule has 0 radical (unpaired) electrons. The number of fused-ring (bicyclic) bond motifs is 5. The lowest BCUT2D eigenvalue weighted by atomic mass is 9.46. The largest absolute Gasteiger partial charge is 0.388 e. The molecular formula is C21H28O5. The van der Waals surface area contributed by atoms with Gasteiger partial charge in [-0.1, -0.05) is 19.4 Å². The third-order valence-electron chi connectivity index (χ3n) is 8.41. The van der Waals surface area contributed by atoms with E-state index in [4.69, 9.17) is 0 Å². The molecule has 3 saturated carbocycles. The zero-order valence-electron chi connectivity index (χ0n) is 15.6. The molecule has 4 aliphatic rings. The lowest BCUT2D eigenvalue weighted by molar-refractivity contribution is -0.170. The number of hydrogen-bond acceptors (Lipinski definition) is 5.